The highest BCUT2D eigenvalue weighted by molar-refractivity contribution is 6.34. The normalized spacial score (nSPS) is 11.6. The van der Waals surface area contributed by atoms with Gasteiger partial charge in [-0.25, -0.2) is 0 Å². The highest BCUT2D eigenvalue weighted by Crippen LogP contribution is 2.32. The van der Waals surface area contributed by atoms with Crippen molar-refractivity contribution in [2.75, 3.05) is 32.8 Å². The third kappa shape index (κ3) is 6.62. The summed E-state index contributed by atoms with van der Waals surface area (Å²) in [6.45, 7) is 2.66. The Hall–Kier alpha value is -4.34. The van der Waals surface area contributed by atoms with E-state index in [1.807, 2.05) is 37.3 Å². The van der Waals surface area contributed by atoms with E-state index in [1.54, 1.807) is 25.3 Å². The molecular weight excluding hydrogens is 534 g/mol. The van der Waals surface area contributed by atoms with Crippen LogP contribution in [-0.4, -0.2) is 44.2 Å². The molecule has 1 aromatic heterocycles. The molecule has 40 heavy (non-hydrogen) atoms. The molecule has 0 aliphatic carbocycles. The molecule has 4 aromatic rings. The summed E-state index contributed by atoms with van der Waals surface area (Å²) >= 11 is 6.34. The summed E-state index contributed by atoms with van der Waals surface area (Å²) in [5, 5.41) is 6.45. The Labute approximate surface area is 236 Å². The number of aromatic nitrogens is 1. The smallest absolute Gasteiger partial charge is 0.261 e. The number of carbonyl (C=O) groups excluding carboxylic acids is 2. The van der Waals surface area contributed by atoms with E-state index >= 15 is 0 Å². The number of benzene rings is 3. The molecule has 0 aliphatic rings. The molecule has 1 heterocycles. The molecule has 0 fully saturated rings. The van der Waals surface area contributed by atoms with Gasteiger partial charge in [-0.15, -0.1) is 0 Å². The lowest BCUT2D eigenvalue weighted by Crippen LogP contribution is -2.28. The molecule has 9 nitrogen and oxygen atoms in total. The van der Waals surface area contributed by atoms with Crippen molar-refractivity contribution in [1.29, 1.82) is 0 Å². The number of nitrogens with one attached hydrogen (secondary N) is 3. The fraction of sp³-hybridized carbons (Fsp3) is 0.233. The number of fused-ring (bicyclic) bond motifs is 1. The first kappa shape index (κ1) is 28.7. The molecule has 10 heteroatoms. The van der Waals surface area contributed by atoms with Crippen LogP contribution >= 0.6 is 11.6 Å². The number of pyridine rings is 1. The summed E-state index contributed by atoms with van der Waals surface area (Å²) < 4.78 is 16.1. The van der Waals surface area contributed by atoms with Crippen LogP contribution in [0.5, 0.6) is 11.5 Å². The fourth-order valence-corrected chi connectivity index (χ4v) is 4.35. The minimum atomic E-state index is -0.684. The van der Waals surface area contributed by atoms with Gasteiger partial charge in [-0.05, 0) is 42.3 Å². The molecular formula is C30H30ClN3O6. The first-order valence-electron chi connectivity index (χ1n) is 12.7. The van der Waals surface area contributed by atoms with E-state index in [2.05, 4.69) is 15.6 Å². The molecule has 0 spiro atoms. The molecule has 0 aliphatic heterocycles. The Morgan fingerprint density at radius 3 is 2.42 bits per heavy atom. The second-order valence-electron chi connectivity index (χ2n) is 8.94. The van der Waals surface area contributed by atoms with E-state index in [4.69, 9.17) is 25.8 Å². The van der Waals surface area contributed by atoms with Gasteiger partial charge in [0, 0.05) is 24.1 Å². The number of hydrogen-bond donors (Lipinski definition) is 3. The number of H-pyrrole nitrogens is 1. The molecule has 0 saturated carbocycles. The average molecular weight is 564 g/mol. The SMILES string of the molecule is CCC(NC(=O)c1ccc(Cl)c(NC(=O)c2cc3cc(OCCOC)c(OC)cc3[nH]c2=O)c1)c1ccccc1. The predicted molar refractivity (Wildman–Crippen MR) is 155 cm³/mol. The predicted octanol–water partition coefficient (Wildman–Crippen LogP) is 5.35. The average Bonchev–Trinajstić information content (AvgIpc) is 2.96. The Bertz CT molecular complexity index is 1570. The molecule has 0 radical (unpaired) electrons. The zero-order valence-corrected chi connectivity index (χ0v) is 23.1. The Balaban J connectivity index is 1.57. The summed E-state index contributed by atoms with van der Waals surface area (Å²) in [5.74, 6) is -0.138. The molecule has 1 atom stereocenters. The maximum Gasteiger partial charge on any atom is 0.261 e. The first-order valence-corrected chi connectivity index (χ1v) is 13.1. The zero-order chi connectivity index (χ0) is 28.6. The number of amides is 2. The van der Waals surface area contributed by atoms with Crippen molar-refractivity contribution >= 4 is 40.0 Å². The van der Waals surface area contributed by atoms with Crippen molar-refractivity contribution in [3.8, 4) is 11.5 Å². The Morgan fingerprint density at radius 1 is 0.950 bits per heavy atom. The summed E-state index contributed by atoms with van der Waals surface area (Å²) in [4.78, 5) is 41.7. The van der Waals surface area contributed by atoms with E-state index in [9.17, 15) is 14.4 Å². The third-order valence-corrected chi connectivity index (χ3v) is 6.64. The van der Waals surface area contributed by atoms with E-state index < -0.39 is 11.5 Å². The van der Waals surface area contributed by atoms with Gasteiger partial charge in [-0.2, -0.15) is 0 Å². The Morgan fingerprint density at radius 2 is 1.73 bits per heavy atom. The number of anilines is 1. The molecule has 3 aromatic carbocycles. The van der Waals surface area contributed by atoms with Crippen LogP contribution in [0.25, 0.3) is 10.9 Å². The number of hydrogen-bond acceptors (Lipinski definition) is 6. The highest BCUT2D eigenvalue weighted by Gasteiger charge is 2.19. The van der Waals surface area contributed by atoms with Gasteiger partial charge in [-0.1, -0.05) is 48.9 Å². The van der Waals surface area contributed by atoms with Crippen molar-refractivity contribution in [2.45, 2.75) is 19.4 Å². The van der Waals surface area contributed by atoms with Gasteiger partial charge in [0.1, 0.15) is 12.2 Å². The van der Waals surface area contributed by atoms with Crippen molar-refractivity contribution in [3.63, 3.8) is 0 Å². The third-order valence-electron chi connectivity index (χ3n) is 6.31. The molecule has 208 valence electrons. The lowest BCUT2D eigenvalue weighted by atomic mass is 10.0. The number of methoxy groups -OCH3 is 2. The lowest BCUT2D eigenvalue weighted by molar-refractivity contribution is 0.0934. The van der Waals surface area contributed by atoms with Crippen molar-refractivity contribution in [1.82, 2.24) is 10.3 Å². The van der Waals surface area contributed by atoms with E-state index in [0.29, 0.717) is 47.6 Å². The minimum Gasteiger partial charge on any atom is -0.493 e. The molecule has 4 rings (SSSR count). The number of aromatic amines is 1. The van der Waals surface area contributed by atoms with Crippen LogP contribution in [0.1, 0.15) is 45.7 Å². The van der Waals surface area contributed by atoms with Crippen LogP contribution in [0, 0.1) is 0 Å². The van der Waals surface area contributed by atoms with Crippen LogP contribution in [0.4, 0.5) is 5.69 Å². The quantitative estimate of drug-likeness (QED) is 0.212. The van der Waals surface area contributed by atoms with Gasteiger partial charge < -0.3 is 29.8 Å². The monoisotopic (exact) mass is 563 g/mol. The minimum absolute atomic E-state index is 0.137. The van der Waals surface area contributed by atoms with Gasteiger partial charge in [0.05, 0.1) is 36.0 Å². The van der Waals surface area contributed by atoms with E-state index in [1.165, 1.54) is 25.3 Å². The van der Waals surface area contributed by atoms with Crippen LogP contribution in [0.2, 0.25) is 5.02 Å². The standard InChI is InChI=1S/C30H30ClN3O6/c1-4-23(18-8-6-5-7-9-18)32-28(35)19-10-11-22(31)25(15-19)34-30(37)21-14-20-16-27(40-13-12-38-2)26(39-3)17-24(20)33-29(21)36/h5-11,14-17,23H,4,12-13H2,1-3H3,(H,32,35)(H,33,36)(H,34,37). The van der Waals surface area contributed by atoms with Crippen LogP contribution in [0.15, 0.2) is 71.5 Å². The van der Waals surface area contributed by atoms with Crippen LogP contribution in [0.3, 0.4) is 0 Å². The highest BCUT2D eigenvalue weighted by atomic mass is 35.5. The van der Waals surface area contributed by atoms with Gasteiger partial charge in [-0.3, -0.25) is 14.4 Å². The lowest BCUT2D eigenvalue weighted by Gasteiger charge is -2.18. The molecule has 0 saturated heterocycles. The van der Waals surface area contributed by atoms with Gasteiger partial charge in [0.2, 0.25) is 0 Å². The second-order valence-corrected chi connectivity index (χ2v) is 9.34. The van der Waals surface area contributed by atoms with E-state index in [-0.39, 0.29) is 28.2 Å². The molecule has 2 amide bonds. The van der Waals surface area contributed by atoms with Crippen molar-refractivity contribution in [2.24, 2.45) is 0 Å². The van der Waals surface area contributed by atoms with Crippen LogP contribution < -0.4 is 25.7 Å². The molecule has 3 N–H and O–H groups in total. The van der Waals surface area contributed by atoms with Crippen molar-refractivity contribution < 1.29 is 23.8 Å². The largest absolute Gasteiger partial charge is 0.493 e. The number of ether oxygens (including phenoxy) is 3. The number of rotatable bonds is 11. The second kappa shape index (κ2) is 13.1. The number of carbonyl (C=O) groups is 2. The maximum absolute atomic E-state index is 13.2. The fourth-order valence-electron chi connectivity index (χ4n) is 4.19. The van der Waals surface area contributed by atoms with E-state index in [0.717, 1.165) is 5.56 Å². The van der Waals surface area contributed by atoms with Gasteiger partial charge >= 0.3 is 0 Å². The summed E-state index contributed by atoms with van der Waals surface area (Å²) in [6, 6.07) is 18.8. The summed E-state index contributed by atoms with van der Waals surface area (Å²) in [5.41, 5.74) is 1.23. The summed E-state index contributed by atoms with van der Waals surface area (Å²) in [6.07, 6.45) is 0.697. The van der Waals surface area contributed by atoms with Gasteiger partial charge in [0.15, 0.2) is 11.5 Å². The Kier molecular flexibility index (Phi) is 9.42. The zero-order valence-electron chi connectivity index (χ0n) is 22.4. The topological polar surface area (TPSA) is 119 Å². The maximum atomic E-state index is 13.2. The first-order chi connectivity index (χ1) is 19.3. The molecule has 1 unspecified atom stereocenters. The van der Waals surface area contributed by atoms with Gasteiger partial charge in [0.25, 0.3) is 17.4 Å². The summed E-state index contributed by atoms with van der Waals surface area (Å²) in [7, 11) is 3.06. The van der Waals surface area contributed by atoms with Crippen molar-refractivity contribution in [3.05, 3.63) is 98.8 Å². The molecule has 0 bridgehead atoms. The van der Waals surface area contributed by atoms with Crippen LogP contribution in [-0.2, 0) is 4.74 Å². The number of halogens is 1.